The van der Waals surface area contributed by atoms with Gasteiger partial charge in [0.2, 0.25) is 35.4 Å². The van der Waals surface area contributed by atoms with Crippen LogP contribution in [0.3, 0.4) is 0 Å². The summed E-state index contributed by atoms with van der Waals surface area (Å²) < 4.78 is 21.7. The summed E-state index contributed by atoms with van der Waals surface area (Å²) in [5.74, 6) is -3.44. The first-order chi connectivity index (χ1) is 36.7. The summed E-state index contributed by atoms with van der Waals surface area (Å²) in [6, 6.07) is 14.2. The number of nitrogens with one attached hydrogen (secondary N) is 4. The predicted octanol–water partition coefficient (Wildman–Crippen LogP) is 4.12. The van der Waals surface area contributed by atoms with Crippen molar-refractivity contribution in [1.82, 2.24) is 39.9 Å². The van der Waals surface area contributed by atoms with Gasteiger partial charge in [0.15, 0.2) is 0 Å². The van der Waals surface area contributed by atoms with Gasteiger partial charge >= 0.3 is 13.3 Å². The summed E-state index contributed by atoms with van der Waals surface area (Å²) in [6.45, 7) is 2.03. The molecule has 2 aromatic heterocycles. The van der Waals surface area contributed by atoms with Crippen LogP contribution >= 0.6 is 23.5 Å². The first kappa shape index (κ1) is 56.4. The molecule has 22 nitrogen and oxygen atoms in total. The molecule has 6 atom stereocenters. The molecule has 8 rings (SSSR count). The monoisotopic (exact) mass is 1140 g/mol. The Morgan fingerprint density at radius 1 is 0.883 bits per heavy atom. The fourth-order valence-electron chi connectivity index (χ4n) is 10.6. The van der Waals surface area contributed by atoms with E-state index < -0.39 is 79.0 Å². The quantitative estimate of drug-likeness (QED) is 0.0309. The van der Waals surface area contributed by atoms with Crippen LogP contribution < -0.4 is 27.4 Å². The number of aryl methyl sites for hydroxylation is 2. The van der Waals surface area contributed by atoms with Crippen LogP contribution in [0, 0.1) is 0 Å². The molecule has 3 fully saturated rings. The number of nitrogens with two attached hydrogens (primary N) is 1. The van der Waals surface area contributed by atoms with E-state index in [0.29, 0.717) is 54.0 Å². The predicted molar refractivity (Wildman–Crippen MR) is 285 cm³/mol. The summed E-state index contributed by atoms with van der Waals surface area (Å²) in [7, 11) is -3.45. The topological polar surface area (TPSA) is 315 Å². The number of halogens is 1. The first-order valence-electron chi connectivity index (χ1n) is 25.8. The Bertz CT molecular complexity index is 3220. The zero-order valence-corrected chi connectivity index (χ0v) is 45.2. The number of carbonyl (C=O) groups is 8. The molecule has 3 aromatic carbocycles. The van der Waals surface area contributed by atoms with Crippen molar-refractivity contribution in [2.45, 2.75) is 133 Å². The number of H-pyrrole nitrogens is 1. The van der Waals surface area contributed by atoms with Crippen molar-refractivity contribution >= 4 is 92.3 Å². The Balaban J connectivity index is 0.935. The largest absolute Gasteiger partial charge is 0.396 e. The Morgan fingerprint density at radius 2 is 1.62 bits per heavy atom. The zero-order valence-electron chi connectivity index (χ0n) is 42.7. The molecule has 1 unspecified atom stereocenters. The number of fused-ring (bicyclic) bond motifs is 3. The molecule has 24 heteroatoms. The van der Waals surface area contributed by atoms with Crippen molar-refractivity contribution in [3.63, 3.8) is 0 Å². The molecule has 7 amide bonds. The molecule has 3 aliphatic rings. The van der Waals surface area contributed by atoms with Gasteiger partial charge in [-0.1, -0.05) is 47.0 Å². The Hall–Kier alpha value is -6.78. The molecule has 410 valence electrons. The van der Waals surface area contributed by atoms with E-state index in [-0.39, 0.29) is 87.0 Å². The summed E-state index contributed by atoms with van der Waals surface area (Å²) in [5.41, 5.74) is 7.02. The molecule has 77 heavy (non-hydrogen) atoms. The number of nitrogens with zero attached hydrogens (tertiary/aromatic N) is 4. The van der Waals surface area contributed by atoms with Crippen molar-refractivity contribution in [1.29, 1.82) is 0 Å². The molecule has 0 bridgehead atoms. The molecule has 5 aromatic rings. The van der Waals surface area contributed by atoms with Crippen LogP contribution in [-0.4, -0.2) is 124 Å². The van der Waals surface area contributed by atoms with Gasteiger partial charge in [-0.3, -0.25) is 57.4 Å². The lowest BCUT2D eigenvalue weighted by atomic mass is 10.0. The standard InChI is InChI=1S/C53H63BrN9O13P/c1-30(76-29-32-9-13-35(54)14-10-32)37(17-21-45(55)64)57-49(68)42-19-15-36-23-24-61(28-40(51(70)62(36)42)58-48(67)39-27-34-26-33(12-16-38(34)56-39)52(71)77(73,74)75)47(66)8-6-4-3-5-7-31-11-18-41-44(25-31)60(2)53(72)63(41)43-20-22-46(65)59-50(43)69/h9-14,16,18,25-27,30,36-37,40,42-43,56H,3-8,15,17,19-24,28-29H2,1-2H3,(H2,55,64)(H,57,68)(H,58,67)(H,59,65,69)(H2,73,74,75)/t30-,36-,37+,40+,42+,43?/m1/s1. The highest BCUT2D eigenvalue weighted by atomic mass is 79.9. The number of aromatic nitrogens is 3. The summed E-state index contributed by atoms with van der Waals surface area (Å²) in [4.78, 5) is 144. The van der Waals surface area contributed by atoms with E-state index in [1.807, 2.05) is 42.5 Å². The molecular formula is C53H63BrN9O13P. The molecule has 0 saturated carbocycles. The normalized spacial score (nSPS) is 19.8. The fourth-order valence-corrected chi connectivity index (χ4v) is 11.3. The van der Waals surface area contributed by atoms with Gasteiger partial charge in [0, 0.05) is 66.4 Å². The molecule has 0 radical (unpaired) electrons. The van der Waals surface area contributed by atoms with Crippen LogP contribution in [0.15, 0.2) is 76.0 Å². The Labute approximate surface area is 451 Å². The second kappa shape index (κ2) is 24.3. The second-order valence-corrected chi connectivity index (χ2v) is 22.6. The maximum absolute atomic E-state index is 14.9. The Kier molecular flexibility index (Phi) is 17.8. The third-order valence-corrected chi connectivity index (χ3v) is 16.1. The van der Waals surface area contributed by atoms with Crippen molar-refractivity contribution < 1.29 is 57.4 Å². The number of ether oxygens (including phenoxy) is 1. The molecule has 0 spiro atoms. The second-order valence-electron chi connectivity index (χ2n) is 20.2. The number of amides is 7. The van der Waals surface area contributed by atoms with Crippen LogP contribution in [-0.2, 0) is 58.1 Å². The summed E-state index contributed by atoms with van der Waals surface area (Å²) in [5, 5.41) is 8.44. The first-order valence-corrected chi connectivity index (χ1v) is 28.2. The fraction of sp³-hybridized carbons (Fsp3) is 0.453. The number of hydrogen-bond donors (Lipinski definition) is 7. The number of carbonyl (C=O) groups excluding carboxylic acids is 8. The van der Waals surface area contributed by atoms with Gasteiger partial charge in [-0.2, -0.15) is 0 Å². The number of imidazole rings is 1. The van der Waals surface area contributed by atoms with Crippen molar-refractivity contribution in [3.8, 4) is 0 Å². The highest BCUT2D eigenvalue weighted by Gasteiger charge is 2.46. The minimum Gasteiger partial charge on any atom is -0.372 e. The third kappa shape index (κ3) is 13.3. The van der Waals surface area contributed by atoms with Gasteiger partial charge in [-0.05, 0) is 118 Å². The lowest BCUT2D eigenvalue weighted by Gasteiger charge is -2.39. The minimum atomic E-state index is -5.10. The van der Waals surface area contributed by atoms with E-state index in [2.05, 4.69) is 36.9 Å². The number of rotatable bonds is 21. The number of piperidine rings is 1. The number of imide groups is 1. The van der Waals surface area contributed by atoms with Crippen molar-refractivity contribution in [3.05, 3.63) is 104 Å². The Morgan fingerprint density at radius 3 is 2.35 bits per heavy atom. The maximum Gasteiger partial charge on any atom is 0.396 e. The molecule has 5 heterocycles. The molecular weight excluding hydrogens is 1080 g/mol. The molecule has 0 aliphatic carbocycles. The maximum atomic E-state index is 14.9. The average Bonchev–Trinajstić information content (AvgIpc) is 4.13. The van der Waals surface area contributed by atoms with Gasteiger partial charge in [0.1, 0.15) is 23.8 Å². The zero-order chi connectivity index (χ0) is 55.3. The van der Waals surface area contributed by atoms with Crippen LogP contribution in [0.4, 0.5) is 0 Å². The molecule has 8 N–H and O–H groups in total. The minimum absolute atomic E-state index is 0.0346. The van der Waals surface area contributed by atoms with Gasteiger partial charge in [-0.15, -0.1) is 0 Å². The van der Waals surface area contributed by atoms with Crippen LogP contribution in [0.25, 0.3) is 21.9 Å². The summed E-state index contributed by atoms with van der Waals surface area (Å²) >= 11 is 3.42. The highest BCUT2D eigenvalue weighted by molar-refractivity contribution is 9.10. The van der Waals surface area contributed by atoms with Crippen LogP contribution in [0.2, 0.25) is 0 Å². The van der Waals surface area contributed by atoms with E-state index in [4.69, 9.17) is 10.5 Å². The number of primary amides is 1. The number of unbranched alkanes of at least 4 members (excludes halogenated alkanes) is 3. The SMILES string of the molecule is C[C@@H](OCc1ccc(Br)cc1)[C@H](CCC(N)=O)NC(=O)[C@@H]1CC[C@@H]2CCN(C(=O)CCCCCCc3ccc4c(c3)n(C)c(=O)n4C3CCC(=O)NC3=O)C[C@H](NC(=O)c3cc4cc(C(=O)P(=O)(O)O)ccc4[nH]3)C(=O)N21. The number of hydrogen-bond acceptors (Lipinski definition) is 11. The number of aromatic amines is 1. The van der Waals surface area contributed by atoms with E-state index in [9.17, 15) is 57.5 Å². The van der Waals surface area contributed by atoms with Crippen LogP contribution in [0.5, 0.6) is 0 Å². The summed E-state index contributed by atoms with van der Waals surface area (Å²) in [6.07, 6.45) is 4.74. The lowest BCUT2D eigenvalue weighted by Crippen LogP contribution is -2.61. The van der Waals surface area contributed by atoms with E-state index in [0.717, 1.165) is 28.4 Å². The van der Waals surface area contributed by atoms with Gasteiger partial charge in [-0.25, -0.2) is 4.79 Å². The van der Waals surface area contributed by atoms with E-state index in [1.54, 1.807) is 18.9 Å². The van der Waals surface area contributed by atoms with Gasteiger partial charge in [0.25, 0.3) is 11.4 Å². The molecule has 3 saturated heterocycles. The highest BCUT2D eigenvalue weighted by Crippen LogP contribution is 2.39. The average molecular weight is 1150 g/mol. The third-order valence-electron chi connectivity index (χ3n) is 14.8. The smallest absolute Gasteiger partial charge is 0.372 e. The van der Waals surface area contributed by atoms with E-state index in [1.165, 1.54) is 38.3 Å². The van der Waals surface area contributed by atoms with Gasteiger partial charge in [0.05, 0.1) is 29.8 Å². The van der Waals surface area contributed by atoms with Crippen molar-refractivity contribution in [2.75, 3.05) is 13.1 Å². The van der Waals surface area contributed by atoms with Gasteiger partial charge < -0.3 is 45.7 Å². The van der Waals surface area contributed by atoms with Crippen LogP contribution in [0.1, 0.15) is 122 Å². The molecule has 3 aliphatic heterocycles. The van der Waals surface area contributed by atoms with E-state index >= 15 is 0 Å². The van der Waals surface area contributed by atoms with Crippen molar-refractivity contribution in [2.24, 2.45) is 12.8 Å². The lowest BCUT2D eigenvalue weighted by molar-refractivity contribution is -0.145. The number of benzene rings is 3.